The molecule has 8 heteroatoms. The fraction of sp³-hybridized carbons (Fsp3) is 0.538. The molecule has 1 spiro atoms. The zero-order valence-electron chi connectivity index (χ0n) is 19.7. The molecule has 1 aliphatic carbocycles. The second-order valence-corrected chi connectivity index (χ2v) is 9.86. The quantitative estimate of drug-likeness (QED) is 0.707. The van der Waals surface area contributed by atoms with Crippen molar-refractivity contribution in [2.45, 2.75) is 69.2 Å². The molecular formula is C26H33N5O3. The first kappa shape index (κ1) is 22.9. The van der Waals surface area contributed by atoms with Crippen LogP contribution < -0.4 is 5.32 Å². The van der Waals surface area contributed by atoms with Crippen LogP contribution in [0, 0.1) is 0 Å². The topological polar surface area (TPSA) is 98.7 Å². The lowest BCUT2D eigenvalue weighted by molar-refractivity contribution is -0.139. The summed E-state index contributed by atoms with van der Waals surface area (Å²) in [5.41, 5.74) is 2.44. The van der Waals surface area contributed by atoms with Gasteiger partial charge in [-0.3, -0.25) is 24.5 Å². The summed E-state index contributed by atoms with van der Waals surface area (Å²) in [5, 5.41) is 13.1. The van der Waals surface area contributed by atoms with Gasteiger partial charge in [-0.25, -0.2) is 0 Å². The molecule has 2 amide bonds. The Morgan fingerprint density at radius 2 is 1.85 bits per heavy atom. The van der Waals surface area contributed by atoms with Gasteiger partial charge in [-0.15, -0.1) is 0 Å². The minimum absolute atomic E-state index is 0.204. The Kier molecular flexibility index (Phi) is 6.36. The lowest BCUT2D eigenvalue weighted by Gasteiger charge is -2.36. The minimum atomic E-state index is -0.600. The van der Waals surface area contributed by atoms with E-state index >= 15 is 0 Å². The van der Waals surface area contributed by atoms with E-state index in [2.05, 4.69) is 25.1 Å². The van der Waals surface area contributed by atoms with E-state index in [1.165, 1.54) is 19.3 Å². The van der Waals surface area contributed by atoms with E-state index in [0.29, 0.717) is 31.2 Å². The molecule has 2 aromatic rings. The minimum Gasteiger partial charge on any atom is -0.392 e. The molecule has 3 aliphatic rings. The van der Waals surface area contributed by atoms with Gasteiger partial charge in [0.1, 0.15) is 11.2 Å². The first-order chi connectivity index (χ1) is 16.5. The van der Waals surface area contributed by atoms with Crippen molar-refractivity contribution < 1.29 is 14.7 Å². The van der Waals surface area contributed by atoms with Crippen molar-refractivity contribution >= 4 is 11.8 Å². The fourth-order valence-electron chi connectivity index (χ4n) is 5.94. The maximum Gasteiger partial charge on any atom is 0.269 e. The third kappa shape index (κ3) is 4.20. The predicted octanol–water partition coefficient (Wildman–Crippen LogP) is 2.37. The fourth-order valence-corrected chi connectivity index (χ4v) is 5.94. The number of hydrogen-bond donors (Lipinski definition) is 2. The Balaban J connectivity index is 1.29. The molecule has 5 rings (SSSR count). The number of aliphatic hydroxyl groups is 1. The molecule has 1 unspecified atom stereocenters. The molecule has 0 aromatic carbocycles. The first-order valence-electron chi connectivity index (χ1n) is 12.4. The van der Waals surface area contributed by atoms with Crippen LogP contribution >= 0.6 is 0 Å². The van der Waals surface area contributed by atoms with Gasteiger partial charge < -0.3 is 15.3 Å². The van der Waals surface area contributed by atoms with Crippen LogP contribution in [-0.2, 0) is 11.3 Å². The smallest absolute Gasteiger partial charge is 0.269 e. The van der Waals surface area contributed by atoms with E-state index in [0.717, 1.165) is 42.6 Å². The number of aliphatic hydroxyl groups excluding tert-OH is 1. The van der Waals surface area contributed by atoms with Crippen molar-refractivity contribution in [3.05, 3.63) is 48.0 Å². The van der Waals surface area contributed by atoms with Crippen LogP contribution in [0.15, 0.2) is 36.7 Å². The van der Waals surface area contributed by atoms with Gasteiger partial charge in [0, 0.05) is 62.7 Å². The zero-order valence-corrected chi connectivity index (χ0v) is 19.7. The van der Waals surface area contributed by atoms with Crippen LogP contribution in [0.5, 0.6) is 0 Å². The van der Waals surface area contributed by atoms with Gasteiger partial charge in [-0.1, -0.05) is 31.4 Å². The van der Waals surface area contributed by atoms with E-state index in [1.807, 2.05) is 18.2 Å². The van der Waals surface area contributed by atoms with Gasteiger partial charge >= 0.3 is 0 Å². The predicted molar refractivity (Wildman–Crippen MR) is 128 cm³/mol. The molecule has 2 aliphatic heterocycles. The summed E-state index contributed by atoms with van der Waals surface area (Å²) in [6, 6.07) is 7.88. The molecule has 2 N–H and O–H groups in total. The molecule has 2 aromatic heterocycles. The lowest BCUT2D eigenvalue weighted by atomic mass is 9.92. The van der Waals surface area contributed by atoms with Gasteiger partial charge in [-0.2, -0.15) is 0 Å². The summed E-state index contributed by atoms with van der Waals surface area (Å²) >= 11 is 0. The van der Waals surface area contributed by atoms with Crippen molar-refractivity contribution in [1.29, 1.82) is 0 Å². The van der Waals surface area contributed by atoms with Crippen LogP contribution in [0.4, 0.5) is 0 Å². The summed E-state index contributed by atoms with van der Waals surface area (Å²) in [6.45, 7) is 1.83. The Morgan fingerprint density at radius 1 is 1.12 bits per heavy atom. The van der Waals surface area contributed by atoms with Gasteiger partial charge in [0.25, 0.3) is 5.91 Å². The summed E-state index contributed by atoms with van der Waals surface area (Å²) in [6.07, 6.45) is 10.2. The molecule has 1 saturated carbocycles. The average Bonchev–Trinajstić information content (AvgIpc) is 3.37. The number of β-amino-alcohol motifs (C(OH)–C–C–N with tert-alkyl or cyclic N) is 1. The Labute approximate surface area is 200 Å². The van der Waals surface area contributed by atoms with Crippen molar-refractivity contribution in [3.63, 3.8) is 0 Å². The van der Waals surface area contributed by atoms with Gasteiger partial charge in [0.2, 0.25) is 5.91 Å². The Morgan fingerprint density at radius 3 is 2.50 bits per heavy atom. The number of nitrogens with zero attached hydrogens (tertiary/aromatic N) is 4. The van der Waals surface area contributed by atoms with E-state index < -0.39 is 11.6 Å². The standard InChI is InChI=1S/C26H33N5O3/c1-27-24(33)23-10-8-19(15-29-23)18-7-9-20(28-14-18)16-30-17-22(32)13-26(30)11-12-31(25(26)34)21-5-3-2-4-6-21/h7-10,14-15,21-22,32H,2-6,11-13,16-17H2,1H3,(H,27,33)/t22-,26?/m1/s1. The van der Waals surface area contributed by atoms with Crippen molar-refractivity contribution in [2.75, 3.05) is 20.1 Å². The Hall–Kier alpha value is -2.84. The average molecular weight is 464 g/mol. The van der Waals surface area contributed by atoms with Crippen molar-refractivity contribution in [3.8, 4) is 11.1 Å². The largest absolute Gasteiger partial charge is 0.392 e. The third-order valence-corrected chi connectivity index (χ3v) is 7.78. The molecule has 180 valence electrons. The van der Waals surface area contributed by atoms with Crippen LogP contribution in [0.3, 0.4) is 0 Å². The van der Waals surface area contributed by atoms with Crippen LogP contribution in [-0.4, -0.2) is 74.5 Å². The monoisotopic (exact) mass is 463 g/mol. The normalized spacial score (nSPS) is 25.9. The number of hydrogen-bond acceptors (Lipinski definition) is 6. The second-order valence-electron chi connectivity index (χ2n) is 9.86. The first-order valence-corrected chi connectivity index (χ1v) is 12.4. The third-order valence-electron chi connectivity index (χ3n) is 7.78. The SMILES string of the molecule is CNC(=O)c1ccc(-c2ccc(CN3C[C@H](O)CC34CCN(C3CCCCC3)C4=O)nc2)cn1. The van der Waals surface area contributed by atoms with E-state index in [1.54, 1.807) is 25.5 Å². The number of pyridine rings is 2. The summed E-state index contributed by atoms with van der Waals surface area (Å²) < 4.78 is 0. The van der Waals surface area contributed by atoms with Gasteiger partial charge in [-0.05, 0) is 31.4 Å². The molecule has 4 heterocycles. The summed E-state index contributed by atoms with van der Waals surface area (Å²) in [7, 11) is 1.58. The maximum absolute atomic E-state index is 13.6. The molecule has 34 heavy (non-hydrogen) atoms. The highest BCUT2D eigenvalue weighted by Crippen LogP contribution is 2.42. The molecule has 0 bridgehead atoms. The summed E-state index contributed by atoms with van der Waals surface area (Å²) in [4.78, 5) is 38.5. The van der Waals surface area contributed by atoms with Crippen molar-refractivity contribution in [1.82, 2.24) is 25.1 Å². The number of likely N-dealkylation sites (tertiary alicyclic amines) is 2. The zero-order chi connectivity index (χ0) is 23.7. The Bertz CT molecular complexity index is 1040. The maximum atomic E-state index is 13.6. The van der Waals surface area contributed by atoms with Gasteiger partial charge in [0.15, 0.2) is 0 Å². The van der Waals surface area contributed by atoms with E-state index in [9.17, 15) is 14.7 Å². The number of carbonyl (C=O) groups is 2. The molecule has 3 fully saturated rings. The highest BCUT2D eigenvalue weighted by atomic mass is 16.3. The second kappa shape index (κ2) is 9.43. The highest BCUT2D eigenvalue weighted by molar-refractivity contribution is 5.92. The molecule has 8 nitrogen and oxygen atoms in total. The number of amides is 2. The van der Waals surface area contributed by atoms with Crippen LogP contribution in [0.2, 0.25) is 0 Å². The number of carbonyl (C=O) groups excluding carboxylic acids is 2. The van der Waals surface area contributed by atoms with E-state index in [-0.39, 0.29) is 11.8 Å². The number of rotatable bonds is 5. The van der Waals surface area contributed by atoms with E-state index in [4.69, 9.17) is 0 Å². The van der Waals surface area contributed by atoms with Gasteiger partial charge in [0.05, 0.1) is 11.8 Å². The van der Waals surface area contributed by atoms with Crippen LogP contribution in [0.25, 0.3) is 11.1 Å². The lowest BCUT2D eigenvalue weighted by Crippen LogP contribution is -2.51. The summed E-state index contributed by atoms with van der Waals surface area (Å²) in [5.74, 6) is -0.0138. The molecule has 2 atom stereocenters. The highest BCUT2D eigenvalue weighted by Gasteiger charge is 2.56. The molecular weight excluding hydrogens is 430 g/mol. The molecule has 2 saturated heterocycles. The number of aromatic nitrogens is 2. The van der Waals surface area contributed by atoms with Crippen LogP contribution in [0.1, 0.15) is 61.1 Å². The molecule has 0 radical (unpaired) electrons. The van der Waals surface area contributed by atoms with Crippen molar-refractivity contribution in [2.24, 2.45) is 0 Å². The number of nitrogens with one attached hydrogen (secondary N) is 1.